The highest BCUT2D eigenvalue weighted by Crippen LogP contribution is 2.44. The summed E-state index contributed by atoms with van der Waals surface area (Å²) < 4.78 is 34.3. The number of aryl methyl sites for hydroxylation is 1. The van der Waals surface area contributed by atoms with Crippen LogP contribution in [0.3, 0.4) is 0 Å². The predicted octanol–water partition coefficient (Wildman–Crippen LogP) is 3.54. The van der Waals surface area contributed by atoms with Crippen LogP contribution < -0.4 is 15.4 Å². The molecule has 1 aliphatic rings. The van der Waals surface area contributed by atoms with Crippen LogP contribution in [0.1, 0.15) is 30.2 Å². The van der Waals surface area contributed by atoms with Crippen molar-refractivity contribution in [2.24, 2.45) is 0 Å². The molecule has 0 saturated heterocycles. The van der Waals surface area contributed by atoms with Crippen molar-refractivity contribution in [3.8, 4) is 5.88 Å². The number of hydrogen-bond donors (Lipinski definition) is 2. The van der Waals surface area contributed by atoms with Crippen LogP contribution in [0, 0.1) is 6.92 Å². The van der Waals surface area contributed by atoms with E-state index >= 15 is 0 Å². The lowest BCUT2D eigenvalue weighted by Gasteiger charge is -2.09. The molecule has 9 heteroatoms. The van der Waals surface area contributed by atoms with Crippen LogP contribution in [0.4, 0.5) is 25.1 Å². The van der Waals surface area contributed by atoms with Crippen molar-refractivity contribution < 1.29 is 22.8 Å². The molecule has 2 aromatic heterocycles. The molecule has 3 rings (SSSR count). The quantitative estimate of drug-likeness (QED) is 0.841. The fourth-order valence-electron chi connectivity index (χ4n) is 2.14. The number of ether oxygens (including phenoxy) is 1. The molecule has 7 nitrogen and oxygen atoms in total. The van der Waals surface area contributed by atoms with Gasteiger partial charge in [-0.3, -0.25) is 5.32 Å². The number of hydrogen-bond acceptors (Lipinski definition) is 5. The maximum absolute atomic E-state index is 12.1. The van der Waals surface area contributed by atoms with Gasteiger partial charge in [0.25, 0.3) is 6.43 Å². The fraction of sp³-hybridized carbons (Fsp3) is 0.400. The van der Waals surface area contributed by atoms with Crippen molar-refractivity contribution >= 4 is 17.5 Å². The summed E-state index contributed by atoms with van der Waals surface area (Å²) in [7, 11) is 0. The lowest BCUT2D eigenvalue weighted by molar-refractivity contribution is 0.0796. The minimum atomic E-state index is -2.59. The number of pyridine rings is 1. The van der Waals surface area contributed by atoms with Crippen molar-refractivity contribution in [2.75, 3.05) is 17.2 Å². The average Bonchev–Trinajstić information content (AvgIpc) is 3.31. The number of aromatic nitrogens is 2. The van der Waals surface area contributed by atoms with E-state index in [1.807, 2.05) is 0 Å². The second kappa shape index (κ2) is 6.81. The van der Waals surface area contributed by atoms with Gasteiger partial charge < -0.3 is 14.6 Å². The maximum Gasteiger partial charge on any atom is 0.325 e. The van der Waals surface area contributed by atoms with Gasteiger partial charge >= 0.3 is 6.03 Å². The summed E-state index contributed by atoms with van der Waals surface area (Å²) in [6.45, 7) is 0.981. The largest absolute Gasteiger partial charge is 0.472 e. The van der Waals surface area contributed by atoms with Gasteiger partial charge in [0.1, 0.15) is 17.2 Å². The first kappa shape index (κ1) is 16.2. The molecule has 2 N–H and O–H groups in total. The molecule has 128 valence electrons. The zero-order chi connectivity index (χ0) is 17.1. The standard InChI is InChI=1S/C15H16F2N4O3/c1-8-13(14(24-21-8)9-5-6-9)20-15(22)19-11-3-2-4-12(18-11)23-7-10(16)17/h2-4,9-10H,5-7H2,1H3,(H2,18,19,20,22). The van der Waals surface area contributed by atoms with E-state index in [2.05, 4.69) is 20.8 Å². The molecular formula is C15H16F2N4O3. The van der Waals surface area contributed by atoms with Crippen LogP contribution >= 0.6 is 0 Å². The van der Waals surface area contributed by atoms with E-state index in [4.69, 9.17) is 9.26 Å². The van der Waals surface area contributed by atoms with Gasteiger partial charge in [0, 0.05) is 12.0 Å². The smallest absolute Gasteiger partial charge is 0.325 e. The Balaban J connectivity index is 1.63. The zero-order valence-electron chi connectivity index (χ0n) is 12.9. The van der Waals surface area contributed by atoms with Crippen molar-refractivity contribution in [3.05, 3.63) is 29.7 Å². The minimum Gasteiger partial charge on any atom is -0.472 e. The highest BCUT2D eigenvalue weighted by atomic mass is 19.3. The second-order valence-corrected chi connectivity index (χ2v) is 5.42. The number of halogens is 2. The second-order valence-electron chi connectivity index (χ2n) is 5.42. The van der Waals surface area contributed by atoms with Gasteiger partial charge in [0.2, 0.25) is 5.88 Å². The van der Waals surface area contributed by atoms with Crippen molar-refractivity contribution in [2.45, 2.75) is 32.1 Å². The molecule has 24 heavy (non-hydrogen) atoms. The molecule has 1 saturated carbocycles. The first-order valence-electron chi connectivity index (χ1n) is 7.45. The molecule has 2 amide bonds. The highest BCUT2D eigenvalue weighted by Gasteiger charge is 2.32. The summed E-state index contributed by atoms with van der Waals surface area (Å²) >= 11 is 0. The van der Waals surface area contributed by atoms with Gasteiger partial charge in [-0.05, 0) is 25.8 Å². The molecule has 1 fully saturated rings. The Labute approximate surface area is 136 Å². The van der Waals surface area contributed by atoms with Crippen molar-refractivity contribution in [3.63, 3.8) is 0 Å². The lowest BCUT2D eigenvalue weighted by Crippen LogP contribution is -2.21. The Morgan fingerprint density at radius 1 is 1.42 bits per heavy atom. The number of amides is 2. The van der Waals surface area contributed by atoms with Crippen LogP contribution in [0.25, 0.3) is 0 Å². The molecule has 0 radical (unpaired) electrons. The van der Waals surface area contributed by atoms with Gasteiger partial charge in [0.05, 0.1) is 0 Å². The van der Waals surface area contributed by atoms with E-state index in [1.54, 1.807) is 13.0 Å². The van der Waals surface area contributed by atoms with Crippen LogP contribution in [0.5, 0.6) is 5.88 Å². The number of rotatable bonds is 6. The summed E-state index contributed by atoms with van der Waals surface area (Å²) in [6.07, 6.45) is -0.574. The van der Waals surface area contributed by atoms with E-state index < -0.39 is 19.1 Å². The molecule has 2 aromatic rings. The SMILES string of the molecule is Cc1noc(C2CC2)c1NC(=O)Nc1cccc(OCC(F)F)n1. The summed E-state index contributed by atoms with van der Waals surface area (Å²) in [5, 5.41) is 9.08. The molecule has 0 bridgehead atoms. The Kier molecular flexibility index (Phi) is 4.59. The molecule has 0 aliphatic heterocycles. The number of nitrogens with one attached hydrogen (secondary N) is 2. The molecule has 0 atom stereocenters. The summed E-state index contributed by atoms with van der Waals surface area (Å²) in [4.78, 5) is 16.1. The number of anilines is 2. The van der Waals surface area contributed by atoms with Crippen LogP contribution in [-0.4, -0.2) is 29.2 Å². The van der Waals surface area contributed by atoms with Gasteiger partial charge in [-0.25, -0.2) is 13.6 Å². The van der Waals surface area contributed by atoms with Crippen molar-refractivity contribution in [1.29, 1.82) is 0 Å². The number of nitrogens with zero attached hydrogens (tertiary/aromatic N) is 2. The molecule has 1 aliphatic carbocycles. The van der Waals surface area contributed by atoms with E-state index in [0.29, 0.717) is 23.1 Å². The number of carbonyl (C=O) groups excluding carboxylic acids is 1. The molecular weight excluding hydrogens is 322 g/mol. The molecule has 0 aromatic carbocycles. The highest BCUT2D eigenvalue weighted by molar-refractivity contribution is 5.99. The Morgan fingerprint density at radius 2 is 2.21 bits per heavy atom. The van der Waals surface area contributed by atoms with E-state index in [1.165, 1.54) is 12.1 Å². The number of alkyl halides is 2. The van der Waals surface area contributed by atoms with E-state index in [-0.39, 0.29) is 11.7 Å². The van der Waals surface area contributed by atoms with Crippen molar-refractivity contribution in [1.82, 2.24) is 10.1 Å². The molecule has 2 heterocycles. The Morgan fingerprint density at radius 3 is 2.92 bits per heavy atom. The number of urea groups is 1. The third-order valence-electron chi connectivity index (χ3n) is 3.40. The van der Waals surface area contributed by atoms with Gasteiger partial charge in [-0.15, -0.1) is 0 Å². The van der Waals surface area contributed by atoms with Crippen LogP contribution in [0.2, 0.25) is 0 Å². The summed E-state index contributed by atoms with van der Waals surface area (Å²) in [5.74, 6) is 1.16. The van der Waals surface area contributed by atoms with Crippen LogP contribution in [-0.2, 0) is 0 Å². The number of carbonyl (C=O) groups is 1. The zero-order valence-corrected chi connectivity index (χ0v) is 12.9. The van der Waals surface area contributed by atoms with Gasteiger partial charge in [-0.1, -0.05) is 11.2 Å². The summed E-state index contributed by atoms with van der Waals surface area (Å²) in [5.41, 5.74) is 1.15. The minimum absolute atomic E-state index is 0.00734. The molecule has 0 spiro atoms. The summed E-state index contributed by atoms with van der Waals surface area (Å²) in [6, 6.07) is 3.98. The first-order valence-corrected chi connectivity index (χ1v) is 7.45. The van der Waals surface area contributed by atoms with Crippen LogP contribution in [0.15, 0.2) is 22.7 Å². The van der Waals surface area contributed by atoms with Gasteiger partial charge in [-0.2, -0.15) is 4.98 Å². The lowest BCUT2D eigenvalue weighted by atomic mass is 10.2. The monoisotopic (exact) mass is 338 g/mol. The van der Waals surface area contributed by atoms with E-state index in [9.17, 15) is 13.6 Å². The molecule has 0 unspecified atom stereocenters. The third kappa shape index (κ3) is 3.98. The maximum atomic E-state index is 12.1. The average molecular weight is 338 g/mol. The van der Waals surface area contributed by atoms with E-state index in [0.717, 1.165) is 12.8 Å². The normalized spacial score (nSPS) is 13.8. The third-order valence-corrected chi connectivity index (χ3v) is 3.40. The predicted molar refractivity (Wildman–Crippen MR) is 81.6 cm³/mol. The van der Waals surface area contributed by atoms with Gasteiger partial charge in [0.15, 0.2) is 12.4 Å². The Bertz CT molecular complexity index is 731. The Hall–Kier alpha value is -2.71. The topological polar surface area (TPSA) is 89.3 Å². The first-order chi connectivity index (χ1) is 11.5. The fourth-order valence-corrected chi connectivity index (χ4v) is 2.14.